The Morgan fingerprint density at radius 1 is 1.73 bits per heavy atom. The molecule has 0 radical (unpaired) electrons. The van der Waals surface area contributed by atoms with Gasteiger partial charge in [0, 0.05) is 6.54 Å². The molecule has 0 aliphatic rings. The number of aliphatic hydroxyl groups is 1. The highest BCUT2D eigenvalue weighted by Crippen LogP contribution is 2.09. The molecule has 5 heteroatoms. The first-order chi connectivity index (χ1) is 7.20. The van der Waals surface area contributed by atoms with Gasteiger partial charge in [0.25, 0.3) is 0 Å². The molecule has 0 bridgehead atoms. The number of aromatic nitrogens is 2. The lowest BCUT2D eigenvalue weighted by Gasteiger charge is -2.15. The third kappa shape index (κ3) is 2.79. The molecule has 1 unspecified atom stereocenters. The number of nitrogens with zero attached hydrogens (tertiary/aromatic N) is 2. The smallest absolute Gasteiger partial charge is 0.242 e. The van der Waals surface area contributed by atoms with Crippen molar-refractivity contribution in [2.45, 2.75) is 32.9 Å². The molecule has 5 nitrogen and oxygen atoms in total. The Morgan fingerprint density at radius 3 is 3.07 bits per heavy atom. The number of nitrogens with one attached hydrogen (secondary N) is 1. The zero-order chi connectivity index (χ0) is 11.3. The molecule has 0 saturated carbocycles. The Morgan fingerprint density at radius 2 is 2.47 bits per heavy atom. The van der Waals surface area contributed by atoms with Gasteiger partial charge in [-0.15, -0.1) is 0 Å². The van der Waals surface area contributed by atoms with E-state index in [1.165, 1.54) is 0 Å². The van der Waals surface area contributed by atoms with Crippen LogP contribution < -0.4 is 5.32 Å². The van der Waals surface area contributed by atoms with Crippen LogP contribution in [0.4, 0.5) is 0 Å². The summed E-state index contributed by atoms with van der Waals surface area (Å²) >= 11 is 0. The fourth-order valence-corrected chi connectivity index (χ4v) is 1.33. The van der Waals surface area contributed by atoms with E-state index < -0.39 is 0 Å². The van der Waals surface area contributed by atoms with Crippen LogP contribution in [0.1, 0.15) is 32.0 Å². The van der Waals surface area contributed by atoms with Crippen molar-refractivity contribution in [2.24, 2.45) is 0 Å². The van der Waals surface area contributed by atoms with E-state index >= 15 is 0 Å². The topological polar surface area (TPSA) is 67.2 Å². The molecule has 1 rings (SSSR count). The highest BCUT2D eigenvalue weighted by Gasteiger charge is 2.16. The summed E-state index contributed by atoms with van der Waals surface area (Å²) in [4.78, 5) is 15.5. The van der Waals surface area contributed by atoms with Crippen molar-refractivity contribution in [1.29, 1.82) is 0 Å². The van der Waals surface area contributed by atoms with Crippen molar-refractivity contribution in [1.82, 2.24) is 14.9 Å². The quantitative estimate of drug-likeness (QED) is 0.743. The lowest BCUT2D eigenvalue weighted by atomic mass is 10.3. The maximum Gasteiger partial charge on any atom is 0.242 e. The third-order valence-corrected chi connectivity index (χ3v) is 2.25. The van der Waals surface area contributed by atoms with E-state index in [0.717, 1.165) is 6.42 Å². The fraction of sp³-hybridized carbons (Fsp3) is 0.600. The van der Waals surface area contributed by atoms with Crippen molar-refractivity contribution in [3.05, 3.63) is 18.2 Å². The molecule has 0 saturated heterocycles. The summed E-state index contributed by atoms with van der Waals surface area (Å²) < 4.78 is 1.67. The molecule has 1 aromatic rings. The summed E-state index contributed by atoms with van der Waals surface area (Å²) in [5, 5.41) is 11.8. The molecule has 0 aliphatic carbocycles. The first-order valence-corrected chi connectivity index (χ1v) is 5.10. The number of hydrogen-bond acceptors (Lipinski definition) is 3. The molecule has 0 spiro atoms. The van der Waals surface area contributed by atoms with E-state index in [4.69, 9.17) is 5.11 Å². The molecule has 0 aliphatic heterocycles. The van der Waals surface area contributed by atoms with E-state index in [2.05, 4.69) is 10.3 Å². The Hall–Kier alpha value is -1.36. The van der Waals surface area contributed by atoms with Gasteiger partial charge in [0.1, 0.15) is 6.04 Å². The third-order valence-electron chi connectivity index (χ3n) is 2.25. The summed E-state index contributed by atoms with van der Waals surface area (Å²) in [5.41, 5.74) is 0.647. The molecule has 2 N–H and O–H groups in total. The van der Waals surface area contributed by atoms with Gasteiger partial charge >= 0.3 is 0 Å². The van der Waals surface area contributed by atoms with Crippen LogP contribution in [-0.2, 0) is 11.4 Å². The van der Waals surface area contributed by atoms with Crippen molar-refractivity contribution >= 4 is 5.91 Å². The zero-order valence-corrected chi connectivity index (χ0v) is 9.10. The summed E-state index contributed by atoms with van der Waals surface area (Å²) in [6.45, 7) is 4.35. The van der Waals surface area contributed by atoms with Gasteiger partial charge in [-0.25, -0.2) is 4.98 Å². The number of aliphatic hydroxyl groups excluding tert-OH is 1. The molecule has 84 valence electrons. The monoisotopic (exact) mass is 211 g/mol. The molecule has 1 amide bonds. The lowest BCUT2D eigenvalue weighted by Crippen LogP contribution is -2.31. The molecule has 15 heavy (non-hydrogen) atoms. The van der Waals surface area contributed by atoms with Crippen LogP contribution in [0.5, 0.6) is 0 Å². The molecular weight excluding hydrogens is 194 g/mol. The Balaban J connectivity index is 2.67. The maximum absolute atomic E-state index is 11.6. The SMILES string of the molecule is CCCNC(=O)C(C)n1cncc1CO. The van der Waals surface area contributed by atoms with Crippen molar-refractivity contribution in [3.63, 3.8) is 0 Å². The minimum absolute atomic E-state index is 0.0513. The second kappa shape index (κ2) is 5.50. The largest absolute Gasteiger partial charge is 0.390 e. The second-order valence-corrected chi connectivity index (χ2v) is 3.42. The number of imidazole rings is 1. The summed E-state index contributed by atoms with van der Waals surface area (Å²) in [5.74, 6) is -0.0513. The van der Waals surface area contributed by atoms with E-state index in [1.54, 1.807) is 24.0 Å². The maximum atomic E-state index is 11.6. The standard InChI is InChI=1S/C10H17N3O2/c1-3-4-12-10(15)8(2)13-7-11-5-9(13)6-14/h5,7-8,14H,3-4,6H2,1-2H3,(H,12,15). The van der Waals surface area contributed by atoms with Gasteiger partial charge < -0.3 is 15.0 Å². The molecule has 1 aromatic heterocycles. The first-order valence-electron chi connectivity index (χ1n) is 5.10. The second-order valence-electron chi connectivity index (χ2n) is 3.42. The molecule has 1 atom stereocenters. The normalized spacial score (nSPS) is 12.5. The van der Waals surface area contributed by atoms with E-state index in [-0.39, 0.29) is 18.6 Å². The Bertz CT molecular complexity index is 322. The molecule has 0 fully saturated rings. The van der Waals surface area contributed by atoms with Crippen molar-refractivity contribution in [3.8, 4) is 0 Å². The fourth-order valence-electron chi connectivity index (χ4n) is 1.33. The molecular formula is C10H17N3O2. The van der Waals surface area contributed by atoms with Crippen molar-refractivity contribution < 1.29 is 9.90 Å². The van der Waals surface area contributed by atoms with Crippen LogP contribution in [-0.4, -0.2) is 27.1 Å². The average Bonchev–Trinajstić information content (AvgIpc) is 2.72. The summed E-state index contributed by atoms with van der Waals surface area (Å²) in [6.07, 6.45) is 4.03. The Kier molecular flexibility index (Phi) is 4.30. The van der Waals surface area contributed by atoms with Crippen LogP contribution in [0.3, 0.4) is 0 Å². The summed E-state index contributed by atoms with van der Waals surface area (Å²) in [6, 6.07) is -0.332. The highest BCUT2D eigenvalue weighted by molar-refractivity contribution is 5.79. The molecule has 0 aromatic carbocycles. The Labute approximate surface area is 89.1 Å². The van der Waals surface area contributed by atoms with Crippen LogP contribution in [0.25, 0.3) is 0 Å². The van der Waals surface area contributed by atoms with Gasteiger partial charge in [-0.2, -0.15) is 0 Å². The van der Waals surface area contributed by atoms with Crippen LogP contribution >= 0.6 is 0 Å². The number of rotatable bonds is 5. The number of carbonyl (C=O) groups is 1. The predicted molar refractivity (Wildman–Crippen MR) is 56.2 cm³/mol. The van der Waals surface area contributed by atoms with Gasteiger partial charge in [0.15, 0.2) is 0 Å². The van der Waals surface area contributed by atoms with Gasteiger partial charge in [-0.3, -0.25) is 4.79 Å². The van der Waals surface area contributed by atoms with E-state index in [0.29, 0.717) is 12.2 Å². The zero-order valence-electron chi connectivity index (χ0n) is 9.10. The number of amides is 1. The average molecular weight is 211 g/mol. The summed E-state index contributed by atoms with van der Waals surface area (Å²) in [7, 11) is 0. The predicted octanol–water partition coefficient (Wildman–Crippen LogP) is 0.463. The van der Waals surface area contributed by atoms with Gasteiger partial charge in [-0.1, -0.05) is 6.92 Å². The van der Waals surface area contributed by atoms with Crippen molar-refractivity contribution in [2.75, 3.05) is 6.54 Å². The van der Waals surface area contributed by atoms with Gasteiger partial charge in [-0.05, 0) is 13.3 Å². The van der Waals surface area contributed by atoms with Crippen LogP contribution in [0.15, 0.2) is 12.5 Å². The molecule has 1 heterocycles. The number of hydrogen-bond donors (Lipinski definition) is 2. The van der Waals surface area contributed by atoms with Crippen LogP contribution in [0, 0.1) is 0 Å². The van der Waals surface area contributed by atoms with E-state index in [1.807, 2.05) is 6.92 Å². The van der Waals surface area contributed by atoms with E-state index in [9.17, 15) is 4.79 Å². The highest BCUT2D eigenvalue weighted by atomic mass is 16.3. The minimum atomic E-state index is -0.332. The van der Waals surface area contributed by atoms with Gasteiger partial charge in [0.2, 0.25) is 5.91 Å². The number of carbonyl (C=O) groups excluding carboxylic acids is 1. The first kappa shape index (κ1) is 11.7. The van der Waals surface area contributed by atoms with Gasteiger partial charge in [0.05, 0.1) is 24.8 Å². The minimum Gasteiger partial charge on any atom is -0.390 e. The lowest BCUT2D eigenvalue weighted by molar-refractivity contribution is -0.123. The van der Waals surface area contributed by atoms with Crippen LogP contribution in [0.2, 0.25) is 0 Å².